The van der Waals surface area contributed by atoms with E-state index in [2.05, 4.69) is 19.9 Å². The van der Waals surface area contributed by atoms with Crippen molar-refractivity contribution in [2.45, 2.75) is 38.5 Å². The van der Waals surface area contributed by atoms with Crippen LogP contribution in [0.3, 0.4) is 0 Å². The molecule has 1 N–H and O–H groups in total. The highest BCUT2D eigenvalue weighted by Gasteiger charge is 2.24. The minimum absolute atomic E-state index is 0.117. The number of aliphatic imine (C=N–C) groups is 1. The second kappa shape index (κ2) is 13.9. The number of esters is 1. The van der Waals surface area contributed by atoms with Gasteiger partial charge in [0.15, 0.2) is 5.96 Å². The molecule has 1 saturated heterocycles. The van der Waals surface area contributed by atoms with Crippen molar-refractivity contribution < 1.29 is 19.0 Å². The lowest BCUT2D eigenvalue weighted by Crippen LogP contribution is -2.40. The first-order chi connectivity index (χ1) is 12.2. The number of nitrogens with one attached hydrogen (secondary N) is 1. The van der Waals surface area contributed by atoms with Crippen LogP contribution in [0, 0.1) is 5.92 Å². The molecule has 7 nitrogen and oxygen atoms in total. The number of hydrogen-bond acceptors (Lipinski definition) is 5. The molecular formula is C18H35N3O4. The number of hydrogen-bond donors (Lipinski definition) is 1. The van der Waals surface area contributed by atoms with Gasteiger partial charge in [-0.3, -0.25) is 9.79 Å². The summed E-state index contributed by atoms with van der Waals surface area (Å²) >= 11 is 0. The molecule has 0 aromatic heterocycles. The van der Waals surface area contributed by atoms with Crippen molar-refractivity contribution in [2.24, 2.45) is 10.9 Å². The van der Waals surface area contributed by atoms with Crippen LogP contribution in [0.1, 0.15) is 38.5 Å². The first-order valence-corrected chi connectivity index (χ1v) is 9.30. The van der Waals surface area contributed by atoms with Crippen LogP contribution in [0.25, 0.3) is 0 Å². The number of rotatable bonds is 12. The monoisotopic (exact) mass is 357 g/mol. The number of carbonyl (C=O) groups excluding carboxylic acids is 1. The molecule has 0 saturated carbocycles. The Morgan fingerprint density at radius 2 is 2.00 bits per heavy atom. The fourth-order valence-electron chi connectivity index (χ4n) is 2.94. The fraction of sp³-hybridized carbons (Fsp3) is 0.889. The van der Waals surface area contributed by atoms with Gasteiger partial charge in [-0.25, -0.2) is 0 Å². The van der Waals surface area contributed by atoms with Crippen molar-refractivity contribution in [1.82, 2.24) is 10.2 Å². The van der Waals surface area contributed by atoms with Crippen LogP contribution in [0.15, 0.2) is 4.99 Å². The van der Waals surface area contributed by atoms with E-state index in [1.165, 1.54) is 7.11 Å². The molecule has 0 aromatic carbocycles. The van der Waals surface area contributed by atoms with Crippen LogP contribution in [-0.2, 0) is 19.0 Å². The highest BCUT2D eigenvalue weighted by molar-refractivity contribution is 5.80. The fourth-order valence-corrected chi connectivity index (χ4v) is 2.94. The molecule has 25 heavy (non-hydrogen) atoms. The van der Waals surface area contributed by atoms with E-state index in [9.17, 15) is 4.79 Å². The minimum atomic E-state index is -0.117. The number of methoxy groups -OCH3 is 2. The molecule has 0 amide bonds. The Bertz CT molecular complexity index is 391. The average molecular weight is 357 g/mol. The molecule has 7 heteroatoms. The summed E-state index contributed by atoms with van der Waals surface area (Å²) in [7, 11) is 4.96. The van der Waals surface area contributed by atoms with Crippen LogP contribution < -0.4 is 5.32 Å². The lowest BCUT2D eigenvalue weighted by molar-refractivity contribution is -0.140. The number of unbranched alkanes of at least 4 members (excludes halogenated alkanes) is 3. The van der Waals surface area contributed by atoms with Crippen LogP contribution in [0.2, 0.25) is 0 Å². The van der Waals surface area contributed by atoms with Crippen LogP contribution in [0.5, 0.6) is 0 Å². The molecule has 146 valence electrons. The van der Waals surface area contributed by atoms with Gasteiger partial charge >= 0.3 is 5.97 Å². The normalized spacial score (nSPS) is 17.8. The van der Waals surface area contributed by atoms with Gasteiger partial charge in [0.2, 0.25) is 0 Å². The Morgan fingerprint density at radius 1 is 1.20 bits per heavy atom. The summed E-state index contributed by atoms with van der Waals surface area (Å²) in [6, 6.07) is 0. The Morgan fingerprint density at radius 3 is 2.72 bits per heavy atom. The van der Waals surface area contributed by atoms with E-state index in [0.717, 1.165) is 64.3 Å². The van der Waals surface area contributed by atoms with Gasteiger partial charge in [0.1, 0.15) is 0 Å². The summed E-state index contributed by atoms with van der Waals surface area (Å²) in [5, 5.41) is 3.44. The summed E-state index contributed by atoms with van der Waals surface area (Å²) in [5.74, 6) is 1.43. The minimum Gasteiger partial charge on any atom is -0.469 e. The lowest BCUT2D eigenvalue weighted by Gasteiger charge is -2.21. The largest absolute Gasteiger partial charge is 0.469 e. The molecule has 0 aliphatic carbocycles. The standard InChI is InChI=1S/C18H35N3O4/c1-19-18(20-10-7-5-4-6-8-17(22)24-3)21-11-9-16(14-21)15-25-13-12-23-2/h16H,4-15H2,1-3H3,(H,19,20). The molecule has 1 heterocycles. The van der Waals surface area contributed by atoms with E-state index in [1.54, 1.807) is 7.11 Å². The molecule has 1 aliphatic rings. The van der Waals surface area contributed by atoms with Crippen molar-refractivity contribution in [3.05, 3.63) is 0 Å². The summed E-state index contributed by atoms with van der Waals surface area (Å²) < 4.78 is 15.3. The van der Waals surface area contributed by atoms with Crippen molar-refractivity contribution in [1.29, 1.82) is 0 Å². The van der Waals surface area contributed by atoms with Gasteiger partial charge in [0.25, 0.3) is 0 Å². The number of carbonyl (C=O) groups is 1. The van der Waals surface area contributed by atoms with E-state index in [1.807, 2.05) is 7.05 Å². The van der Waals surface area contributed by atoms with E-state index >= 15 is 0 Å². The Hall–Kier alpha value is -1.34. The topological polar surface area (TPSA) is 72.4 Å². The zero-order chi connectivity index (χ0) is 18.3. The predicted octanol–water partition coefficient (Wildman–Crippen LogP) is 1.67. The van der Waals surface area contributed by atoms with Gasteiger partial charge in [0.05, 0.1) is 26.9 Å². The van der Waals surface area contributed by atoms with Gasteiger partial charge in [-0.15, -0.1) is 0 Å². The SMILES string of the molecule is CN=C(NCCCCCCC(=O)OC)N1CCC(COCCOC)C1. The van der Waals surface area contributed by atoms with Gasteiger partial charge in [-0.2, -0.15) is 0 Å². The van der Waals surface area contributed by atoms with E-state index in [0.29, 0.717) is 25.6 Å². The maximum atomic E-state index is 11.0. The highest BCUT2D eigenvalue weighted by atomic mass is 16.5. The smallest absolute Gasteiger partial charge is 0.305 e. The third-order valence-corrected chi connectivity index (χ3v) is 4.40. The molecule has 0 radical (unpaired) electrons. The number of nitrogens with zero attached hydrogens (tertiary/aromatic N) is 2. The Balaban J connectivity index is 2.09. The summed E-state index contributed by atoms with van der Waals surface area (Å²) in [6.45, 7) is 5.03. The highest BCUT2D eigenvalue weighted by Crippen LogP contribution is 2.16. The zero-order valence-electron chi connectivity index (χ0n) is 16.1. The average Bonchev–Trinajstić information content (AvgIpc) is 3.09. The number of ether oxygens (including phenoxy) is 3. The molecule has 0 aromatic rings. The van der Waals surface area contributed by atoms with Crippen LogP contribution in [0.4, 0.5) is 0 Å². The molecule has 1 rings (SSSR count). The van der Waals surface area contributed by atoms with Crippen molar-refractivity contribution >= 4 is 11.9 Å². The first-order valence-electron chi connectivity index (χ1n) is 9.30. The van der Waals surface area contributed by atoms with Gasteiger partial charge in [-0.1, -0.05) is 12.8 Å². The molecule has 1 aliphatic heterocycles. The van der Waals surface area contributed by atoms with Gasteiger partial charge in [-0.05, 0) is 19.3 Å². The Kier molecular flexibility index (Phi) is 12.1. The third-order valence-electron chi connectivity index (χ3n) is 4.40. The molecule has 0 spiro atoms. The maximum absolute atomic E-state index is 11.0. The second-order valence-electron chi connectivity index (χ2n) is 6.38. The number of likely N-dealkylation sites (tertiary alicyclic amines) is 1. The molecule has 0 bridgehead atoms. The van der Waals surface area contributed by atoms with E-state index in [-0.39, 0.29) is 5.97 Å². The lowest BCUT2D eigenvalue weighted by atomic mass is 10.1. The first kappa shape index (κ1) is 21.7. The van der Waals surface area contributed by atoms with Crippen molar-refractivity contribution in [3.63, 3.8) is 0 Å². The predicted molar refractivity (Wildman–Crippen MR) is 98.8 cm³/mol. The molecule has 1 atom stereocenters. The van der Waals surface area contributed by atoms with Crippen molar-refractivity contribution in [2.75, 3.05) is 60.7 Å². The zero-order valence-corrected chi connectivity index (χ0v) is 16.1. The molecule has 1 fully saturated rings. The summed E-state index contributed by atoms with van der Waals surface area (Å²) in [6.07, 6.45) is 5.81. The van der Waals surface area contributed by atoms with Crippen LogP contribution in [-0.4, -0.2) is 77.6 Å². The third kappa shape index (κ3) is 9.65. The van der Waals surface area contributed by atoms with E-state index in [4.69, 9.17) is 9.47 Å². The van der Waals surface area contributed by atoms with Gasteiger partial charge < -0.3 is 24.4 Å². The summed E-state index contributed by atoms with van der Waals surface area (Å²) in [4.78, 5) is 17.7. The quantitative estimate of drug-likeness (QED) is 0.248. The second-order valence-corrected chi connectivity index (χ2v) is 6.38. The molecular weight excluding hydrogens is 322 g/mol. The van der Waals surface area contributed by atoms with E-state index < -0.39 is 0 Å². The molecule has 1 unspecified atom stereocenters. The maximum Gasteiger partial charge on any atom is 0.305 e. The Labute approximate surface area is 152 Å². The number of guanidine groups is 1. The van der Waals surface area contributed by atoms with Crippen LogP contribution >= 0.6 is 0 Å². The van der Waals surface area contributed by atoms with Gasteiger partial charge in [0, 0.05) is 46.1 Å². The van der Waals surface area contributed by atoms with Crippen molar-refractivity contribution in [3.8, 4) is 0 Å². The summed E-state index contributed by atoms with van der Waals surface area (Å²) in [5.41, 5.74) is 0.